The quantitative estimate of drug-likeness (QED) is 0.598. The number of hydrogen-bond acceptors (Lipinski definition) is 6. The number of rotatable bonds is 5. The third-order valence-electron chi connectivity index (χ3n) is 8.48. The molecule has 3 saturated heterocycles. The van der Waals surface area contributed by atoms with Gasteiger partial charge in [-0.3, -0.25) is 9.59 Å². The average Bonchev–Trinajstić information content (AvgIpc) is 3.58. The summed E-state index contributed by atoms with van der Waals surface area (Å²) >= 11 is 0. The van der Waals surface area contributed by atoms with E-state index in [4.69, 9.17) is 4.74 Å². The van der Waals surface area contributed by atoms with Gasteiger partial charge in [-0.2, -0.15) is 0 Å². The van der Waals surface area contributed by atoms with Crippen molar-refractivity contribution in [3.63, 3.8) is 0 Å². The Bertz CT molecular complexity index is 1160. The third kappa shape index (κ3) is 4.21. The van der Waals surface area contributed by atoms with Crippen LogP contribution in [0.3, 0.4) is 0 Å². The molecule has 1 aromatic carbocycles. The maximum atomic E-state index is 13.1. The Labute approximate surface area is 212 Å². The number of carbonyl (C=O) groups is 2. The maximum Gasteiger partial charge on any atom is 0.253 e. The van der Waals surface area contributed by atoms with Gasteiger partial charge in [0.2, 0.25) is 0 Å². The first-order valence-electron chi connectivity index (χ1n) is 13.2. The Kier molecular flexibility index (Phi) is 5.86. The zero-order valence-electron chi connectivity index (χ0n) is 21.1. The fourth-order valence-electron chi connectivity index (χ4n) is 6.53. The number of hydrogen-bond donors (Lipinski definition) is 3. The molecule has 36 heavy (non-hydrogen) atoms. The van der Waals surface area contributed by atoms with Crippen molar-refractivity contribution < 1.29 is 14.3 Å². The fourth-order valence-corrected chi connectivity index (χ4v) is 6.53. The summed E-state index contributed by atoms with van der Waals surface area (Å²) < 4.78 is 5.76. The molecule has 2 amide bonds. The molecule has 2 bridgehead atoms. The van der Waals surface area contributed by atoms with Gasteiger partial charge >= 0.3 is 0 Å². The predicted molar refractivity (Wildman–Crippen MR) is 138 cm³/mol. The molecule has 3 N–H and O–H groups in total. The van der Waals surface area contributed by atoms with Crippen LogP contribution in [-0.4, -0.2) is 60.2 Å². The Morgan fingerprint density at radius 1 is 1.14 bits per heavy atom. The van der Waals surface area contributed by atoms with Crippen molar-refractivity contribution in [3.8, 4) is 5.75 Å². The zero-order valence-corrected chi connectivity index (χ0v) is 21.1. The number of benzene rings is 1. The highest BCUT2D eigenvalue weighted by molar-refractivity contribution is 5.97. The van der Waals surface area contributed by atoms with E-state index in [1.54, 1.807) is 6.20 Å². The number of piperidine rings is 1. The summed E-state index contributed by atoms with van der Waals surface area (Å²) in [6.45, 7) is 6.46. The number of pyridine rings is 1. The van der Waals surface area contributed by atoms with Gasteiger partial charge in [-0.05, 0) is 76.3 Å². The van der Waals surface area contributed by atoms with E-state index >= 15 is 0 Å². The number of anilines is 1. The Hall–Kier alpha value is -3.13. The summed E-state index contributed by atoms with van der Waals surface area (Å²) in [4.78, 5) is 33.0. The van der Waals surface area contributed by atoms with Gasteiger partial charge in [0.25, 0.3) is 11.8 Å². The molecular formula is C28H35N5O3. The molecule has 3 fully saturated rings. The number of amides is 2. The van der Waals surface area contributed by atoms with Crippen LogP contribution in [0, 0.1) is 6.92 Å². The van der Waals surface area contributed by atoms with Crippen molar-refractivity contribution in [3.05, 3.63) is 52.7 Å². The average molecular weight is 490 g/mol. The number of nitrogens with zero attached hydrogens (tertiary/aromatic N) is 2. The van der Waals surface area contributed by atoms with Gasteiger partial charge in [-0.1, -0.05) is 6.07 Å². The monoisotopic (exact) mass is 489 g/mol. The first-order chi connectivity index (χ1) is 17.4. The van der Waals surface area contributed by atoms with E-state index in [1.165, 1.54) is 5.56 Å². The Morgan fingerprint density at radius 2 is 1.94 bits per heavy atom. The molecule has 0 saturated carbocycles. The molecule has 1 aromatic heterocycles. The molecule has 0 aliphatic carbocycles. The molecule has 8 nitrogen and oxygen atoms in total. The van der Waals surface area contributed by atoms with Crippen LogP contribution >= 0.6 is 0 Å². The minimum Gasteiger partial charge on any atom is -0.493 e. The van der Waals surface area contributed by atoms with Crippen molar-refractivity contribution >= 4 is 17.6 Å². The molecule has 0 radical (unpaired) electrons. The number of nitrogens with one attached hydrogen (secondary N) is 3. The molecule has 2 aromatic rings. The van der Waals surface area contributed by atoms with Crippen LogP contribution in [0.4, 0.5) is 5.82 Å². The number of carbonyl (C=O) groups excluding carboxylic acids is 2. The van der Waals surface area contributed by atoms with E-state index in [-0.39, 0.29) is 23.4 Å². The second kappa shape index (κ2) is 9.07. The Balaban J connectivity index is 1.10. The third-order valence-corrected chi connectivity index (χ3v) is 8.48. The Morgan fingerprint density at radius 3 is 2.64 bits per heavy atom. The molecule has 0 spiro atoms. The smallest absolute Gasteiger partial charge is 0.253 e. The van der Waals surface area contributed by atoms with Gasteiger partial charge < -0.3 is 25.6 Å². The van der Waals surface area contributed by atoms with E-state index in [0.29, 0.717) is 29.8 Å². The lowest BCUT2D eigenvalue weighted by Crippen LogP contribution is -2.51. The SMILES string of the molecule is Cc1c(C(=O)NC2CC3CCC(C2)N3c2ccc(C(=O)N[C@@]3(C)CCNC3)cn2)ccc2c1OCC2. The molecule has 5 heterocycles. The predicted octanol–water partition coefficient (Wildman–Crippen LogP) is 2.74. The van der Waals surface area contributed by atoms with E-state index < -0.39 is 0 Å². The fraction of sp³-hybridized carbons (Fsp3) is 0.536. The second-order valence-corrected chi connectivity index (χ2v) is 11.1. The largest absolute Gasteiger partial charge is 0.493 e. The standard InChI is InChI=1S/C28H35N5O3/c1-17-23(7-3-18-9-12-36-25(17)18)27(35)31-20-13-21-5-6-22(14-20)33(21)24-8-4-19(15-30-24)26(34)32-28(2)10-11-29-16-28/h3-4,7-8,15,20-22,29H,5-6,9-14,16H2,1-2H3,(H,31,35)(H,32,34)/t20?,21?,22?,28-/m0/s1. The van der Waals surface area contributed by atoms with Crippen molar-refractivity contribution in [2.24, 2.45) is 0 Å². The first-order valence-corrected chi connectivity index (χ1v) is 13.2. The summed E-state index contributed by atoms with van der Waals surface area (Å²) in [5, 5.41) is 9.76. The molecule has 8 heteroatoms. The zero-order chi connectivity index (χ0) is 24.9. The van der Waals surface area contributed by atoms with Crippen LogP contribution in [0.1, 0.15) is 70.9 Å². The summed E-state index contributed by atoms with van der Waals surface area (Å²) in [6.07, 6.45) is 7.53. The van der Waals surface area contributed by atoms with Crippen LogP contribution in [0.2, 0.25) is 0 Å². The maximum absolute atomic E-state index is 13.1. The number of ether oxygens (including phenoxy) is 1. The summed E-state index contributed by atoms with van der Waals surface area (Å²) in [7, 11) is 0. The molecule has 6 rings (SSSR count). The summed E-state index contributed by atoms with van der Waals surface area (Å²) in [5.74, 6) is 1.72. The van der Waals surface area contributed by atoms with Crippen LogP contribution in [0.15, 0.2) is 30.5 Å². The minimum absolute atomic E-state index is 0.0108. The van der Waals surface area contributed by atoms with Crippen LogP contribution < -0.4 is 25.6 Å². The molecule has 190 valence electrons. The van der Waals surface area contributed by atoms with E-state index in [1.807, 2.05) is 31.2 Å². The lowest BCUT2D eigenvalue weighted by Gasteiger charge is -2.40. The van der Waals surface area contributed by atoms with Gasteiger partial charge in [0, 0.05) is 48.4 Å². The van der Waals surface area contributed by atoms with Gasteiger partial charge in [-0.15, -0.1) is 0 Å². The van der Waals surface area contributed by atoms with Crippen molar-refractivity contribution in [1.82, 2.24) is 20.9 Å². The molecule has 4 aliphatic heterocycles. The van der Waals surface area contributed by atoms with Crippen molar-refractivity contribution in [2.75, 3.05) is 24.6 Å². The molecule has 3 atom stereocenters. The second-order valence-electron chi connectivity index (χ2n) is 11.1. The van der Waals surface area contributed by atoms with Gasteiger partial charge in [0.15, 0.2) is 0 Å². The topological polar surface area (TPSA) is 95.6 Å². The first kappa shape index (κ1) is 23.3. The van der Waals surface area contributed by atoms with Gasteiger partial charge in [-0.25, -0.2) is 4.98 Å². The van der Waals surface area contributed by atoms with Gasteiger partial charge in [0.1, 0.15) is 11.6 Å². The lowest BCUT2D eigenvalue weighted by atomic mass is 9.96. The highest BCUT2D eigenvalue weighted by Crippen LogP contribution is 2.39. The summed E-state index contributed by atoms with van der Waals surface area (Å²) in [6, 6.07) is 8.65. The summed E-state index contributed by atoms with van der Waals surface area (Å²) in [5.41, 5.74) is 3.23. The minimum atomic E-state index is -0.202. The molecular weight excluding hydrogens is 454 g/mol. The lowest BCUT2D eigenvalue weighted by molar-refractivity contribution is 0.0908. The molecule has 4 aliphatic rings. The van der Waals surface area contributed by atoms with Crippen LogP contribution in [0.5, 0.6) is 5.75 Å². The van der Waals surface area contributed by atoms with Crippen LogP contribution in [-0.2, 0) is 6.42 Å². The number of aromatic nitrogens is 1. The van der Waals surface area contributed by atoms with E-state index in [9.17, 15) is 9.59 Å². The van der Waals surface area contributed by atoms with Crippen LogP contribution in [0.25, 0.3) is 0 Å². The molecule has 2 unspecified atom stereocenters. The van der Waals surface area contributed by atoms with Crippen molar-refractivity contribution in [1.29, 1.82) is 0 Å². The van der Waals surface area contributed by atoms with E-state index in [2.05, 4.69) is 32.8 Å². The highest BCUT2D eigenvalue weighted by atomic mass is 16.5. The van der Waals surface area contributed by atoms with E-state index in [0.717, 1.165) is 68.7 Å². The number of fused-ring (bicyclic) bond motifs is 3. The normalized spacial score (nSPS) is 28.5. The van der Waals surface area contributed by atoms with Gasteiger partial charge in [0.05, 0.1) is 17.7 Å². The van der Waals surface area contributed by atoms with Crippen molar-refractivity contribution in [2.45, 2.75) is 76.0 Å². The highest BCUT2D eigenvalue weighted by Gasteiger charge is 2.42.